The molecule has 3 heterocycles. The van der Waals surface area contributed by atoms with E-state index in [4.69, 9.17) is 14.1 Å². The highest BCUT2D eigenvalue weighted by molar-refractivity contribution is 14.0. The second-order valence-corrected chi connectivity index (χ2v) is 8.56. The van der Waals surface area contributed by atoms with Gasteiger partial charge in [-0.3, -0.25) is 0 Å². The molecule has 2 aromatic heterocycles. The number of fused-ring (bicyclic) bond motifs is 1. The van der Waals surface area contributed by atoms with Gasteiger partial charge in [0.15, 0.2) is 5.96 Å². The first-order valence-corrected chi connectivity index (χ1v) is 10.7. The van der Waals surface area contributed by atoms with Crippen LogP contribution < -0.4 is 15.4 Å². The summed E-state index contributed by atoms with van der Waals surface area (Å²) in [6.07, 6.45) is 2.52. The van der Waals surface area contributed by atoms with E-state index in [2.05, 4.69) is 42.5 Å². The van der Waals surface area contributed by atoms with E-state index in [9.17, 15) is 0 Å². The molecular formula is C22H27IN4O2S. The Bertz CT molecular complexity index is 985. The summed E-state index contributed by atoms with van der Waals surface area (Å²) < 4.78 is 11.7. The lowest BCUT2D eigenvalue weighted by Gasteiger charge is -2.38. The Morgan fingerprint density at radius 1 is 1.27 bits per heavy atom. The minimum atomic E-state index is -0.245. The van der Waals surface area contributed by atoms with Crippen LogP contribution in [0.5, 0.6) is 5.75 Å². The first kappa shape index (κ1) is 22.6. The van der Waals surface area contributed by atoms with Crippen LogP contribution in [0.4, 0.5) is 0 Å². The molecule has 0 saturated heterocycles. The van der Waals surface area contributed by atoms with Crippen LogP contribution in [0.3, 0.4) is 0 Å². The summed E-state index contributed by atoms with van der Waals surface area (Å²) in [7, 11) is 0. The highest BCUT2D eigenvalue weighted by atomic mass is 127. The maximum absolute atomic E-state index is 6.14. The summed E-state index contributed by atoms with van der Waals surface area (Å²) in [6.45, 7) is 7.51. The molecule has 3 aromatic rings. The first-order chi connectivity index (χ1) is 14.0. The van der Waals surface area contributed by atoms with Crippen LogP contribution >= 0.6 is 35.3 Å². The maximum atomic E-state index is 6.14. The molecule has 30 heavy (non-hydrogen) atoms. The molecule has 4 rings (SSSR count). The predicted molar refractivity (Wildman–Crippen MR) is 132 cm³/mol. The lowest BCUT2D eigenvalue weighted by atomic mass is 9.90. The van der Waals surface area contributed by atoms with Crippen LogP contribution in [-0.4, -0.2) is 23.1 Å². The van der Waals surface area contributed by atoms with Crippen molar-refractivity contribution in [3.63, 3.8) is 0 Å². The minimum absolute atomic E-state index is 0. The van der Waals surface area contributed by atoms with E-state index in [0.717, 1.165) is 40.8 Å². The molecule has 0 aliphatic carbocycles. The van der Waals surface area contributed by atoms with Crippen molar-refractivity contribution in [2.24, 2.45) is 4.99 Å². The van der Waals surface area contributed by atoms with Gasteiger partial charge in [-0.2, -0.15) is 0 Å². The Morgan fingerprint density at radius 2 is 2.10 bits per heavy atom. The maximum Gasteiger partial charge on any atom is 0.236 e. The molecule has 0 fully saturated rings. The second-order valence-electron chi connectivity index (χ2n) is 7.62. The van der Waals surface area contributed by atoms with Gasteiger partial charge in [-0.05, 0) is 38.3 Å². The molecular weight excluding hydrogens is 511 g/mol. The number of aromatic nitrogens is 1. The molecule has 1 aliphatic rings. The zero-order chi connectivity index (χ0) is 20.3. The molecule has 1 unspecified atom stereocenters. The number of guanidine groups is 1. The second kappa shape index (κ2) is 9.82. The number of ether oxygens (including phenoxy) is 1. The van der Waals surface area contributed by atoms with Gasteiger partial charge in [0.25, 0.3) is 0 Å². The number of oxazole rings is 1. The standard InChI is InChI=1S/C22H26N4O2S.HI/c1-4-23-21(24-13-15-14-27-20(25-15)19-10-7-11-29-19)26-17-12-22(2,3)28-18-9-6-5-8-16(17)18;/h5-11,14,17H,4,12-13H2,1-3H3,(H2,23,24,26);1H. The third-order valence-electron chi connectivity index (χ3n) is 4.71. The quantitative estimate of drug-likeness (QED) is 0.260. The average Bonchev–Trinajstić information content (AvgIpc) is 3.37. The van der Waals surface area contributed by atoms with E-state index < -0.39 is 0 Å². The lowest BCUT2D eigenvalue weighted by Crippen LogP contribution is -2.45. The Morgan fingerprint density at radius 3 is 2.87 bits per heavy atom. The van der Waals surface area contributed by atoms with Gasteiger partial charge in [0.05, 0.1) is 17.5 Å². The van der Waals surface area contributed by atoms with Crippen LogP contribution in [0, 0.1) is 0 Å². The molecule has 160 valence electrons. The predicted octanol–water partition coefficient (Wildman–Crippen LogP) is 5.38. The normalized spacial score (nSPS) is 17.4. The van der Waals surface area contributed by atoms with Gasteiger partial charge < -0.3 is 19.8 Å². The number of thiophene rings is 1. The van der Waals surface area contributed by atoms with Crippen LogP contribution in [0.25, 0.3) is 10.8 Å². The van der Waals surface area contributed by atoms with Crippen LogP contribution in [0.15, 0.2) is 57.5 Å². The molecule has 0 bridgehead atoms. The van der Waals surface area contributed by atoms with Crippen molar-refractivity contribution >= 4 is 41.3 Å². The van der Waals surface area contributed by atoms with Gasteiger partial charge in [-0.15, -0.1) is 35.3 Å². The van der Waals surface area contributed by atoms with Crippen molar-refractivity contribution < 1.29 is 9.15 Å². The molecule has 1 atom stereocenters. The Labute approximate surface area is 198 Å². The Kier molecular flexibility index (Phi) is 7.41. The van der Waals surface area contributed by atoms with Gasteiger partial charge in [-0.1, -0.05) is 24.3 Å². The highest BCUT2D eigenvalue weighted by Crippen LogP contribution is 2.39. The van der Waals surface area contributed by atoms with E-state index >= 15 is 0 Å². The summed E-state index contributed by atoms with van der Waals surface area (Å²) in [5.74, 6) is 2.32. The van der Waals surface area contributed by atoms with Crippen molar-refractivity contribution in [3.05, 3.63) is 59.3 Å². The van der Waals surface area contributed by atoms with Crippen molar-refractivity contribution in [1.29, 1.82) is 0 Å². The summed E-state index contributed by atoms with van der Waals surface area (Å²) in [4.78, 5) is 10.3. The van der Waals surface area contributed by atoms with Crippen molar-refractivity contribution in [3.8, 4) is 16.5 Å². The largest absolute Gasteiger partial charge is 0.487 e. The molecule has 0 spiro atoms. The molecule has 1 aromatic carbocycles. The van der Waals surface area contributed by atoms with E-state index in [1.165, 1.54) is 0 Å². The molecule has 6 nitrogen and oxygen atoms in total. The fraction of sp³-hybridized carbons (Fsp3) is 0.364. The molecule has 2 N–H and O–H groups in total. The summed E-state index contributed by atoms with van der Waals surface area (Å²) in [5.41, 5.74) is 1.71. The number of nitrogens with zero attached hydrogens (tertiary/aromatic N) is 2. The zero-order valence-electron chi connectivity index (χ0n) is 17.3. The third kappa shape index (κ3) is 5.34. The number of aliphatic imine (C=N–C) groups is 1. The highest BCUT2D eigenvalue weighted by Gasteiger charge is 2.33. The number of benzene rings is 1. The lowest BCUT2D eigenvalue weighted by molar-refractivity contribution is 0.0694. The number of hydrogen-bond donors (Lipinski definition) is 2. The van der Waals surface area contributed by atoms with Crippen molar-refractivity contribution in [2.75, 3.05) is 6.54 Å². The number of halogens is 1. The summed E-state index contributed by atoms with van der Waals surface area (Å²) in [6, 6.07) is 12.3. The fourth-order valence-corrected chi connectivity index (χ4v) is 4.12. The van der Waals surface area contributed by atoms with Gasteiger partial charge in [0.1, 0.15) is 23.3 Å². The van der Waals surface area contributed by atoms with Crippen LogP contribution in [0.1, 0.15) is 44.5 Å². The molecule has 1 aliphatic heterocycles. The van der Waals surface area contributed by atoms with Gasteiger partial charge in [0.2, 0.25) is 5.89 Å². The minimum Gasteiger partial charge on any atom is -0.487 e. The van der Waals surface area contributed by atoms with Gasteiger partial charge >= 0.3 is 0 Å². The van der Waals surface area contributed by atoms with E-state index in [0.29, 0.717) is 12.4 Å². The van der Waals surface area contributed by atoms with E-state index in [1.807, 2.05) is 35.7 Å². The average molecular weight is 538 g/mol. The molecule has 0 amide bonds. The van der Waals surface area contributed by atoms with Crippen molar-refractivity contribution in [2.45, 2.75) is 45.4 Å². The number of rotatable bonds is 5. The smallest absolute Gasteiger partial charge is 0.236 e. The molecule has 0 radical (unpaired) electrons. The number of hydrogen-bond acceptors (Lipinski definition) is 5. The summed E-state index contributed by atoms with van der Waals surface area (Å²) in [5, 5.41) is 8.92. The van der Waals surface area contributed by atoms with Crippen molar-refractivity contribution in [1.82, 2.24) is 15.6 Å². The molecule has 0 saturated carbocycles. The van der Waals surface area contributed by atoms with E-state index in [1.54, 1.807) is 17.6 Å². The van der Waals surface area contributed by atoms with Gasteiger partial charge in [0, 0.05) is 18.5 Å². The molecule has 8 heteroatoms. The topological polar surface area (TPSA) is 71.7 Å². The Hall–Kier alpha value is -2.07. The zero-order valence-corrected chi connectivity index (χ0v) is 20.5. The monoisotopic (exact) mass is 538 g/mol. The van der Waals surface area contributed by atoms with E-state index in [-0.39, 0.29) is 35.6 Å². The number of para-hydroxylation sites is 1. The SMILES string of the molecule is CCNC(=NCc1coc(-c2cccs2)n1)NC1CC(C)(C)Oc2ccccc21.I. The Balaban J connectivity index is 0.00000256. The fourth-order valence-electron chi connectivity index (χ4n) is 3.47. The summed E-state index contributed by atoms with van der Waals surface area (Å²) >= 11 is 1.61. The number of nitrogens with one attached hydrogen (secondary N) is 2. The van der Waals surface area contributed by atoms with Crippen LogP contribution in [-0.2, 0) is 6.54 Å². The third-order valence-corrected chi connectivity index (χ3v) is 5.57. The van der Waals surface area contributed by atoms with Crippen LogP contribution in [0.2, 0.25) is 0 Å². The first-order valence-electron chi connectivity index (χ1n) is 9.85. The van der Waals surface area contributed by atoms with Gasteiger partial charge in [-0.25, -0.2) is 9.98 Å².